The van der Waals surface area contributed by atoms with E-state index in [0.717, 1.165) is 19.3 Å². The fourth-order valence-electron chi connectivity index (χ4n) is 5.65. The minimum Gasteiger partial charge on any atom is -0.394 e. The first-order chi connectivity index (χ1) is 21.0. The molecule has 1 fully saturated rings. The molecule has 0 aromatic heterocycles. The molecule has 0 saturated carbocycles. The smallest absolute Gasteiger partial charge is 0.186 e. The van der Waals surface area contributed by atoms with E-state index in [1.165, 1.54) is 122 Å². The second kappa shape index (κ2) is 29.1. The van der Waals surface area contributed by atoms with Crippen molar-refractivity contribution in [2.45, 2.75) is 192 Å². The lowest BCUT2D eigenvalue weighted by molar-refractivity contribution is -0.306. The lowest BCUT2D eigenvalue weighted by Crippen LogP contribution is -2.59. The van der Waals surface area contributed by atoms with Crippen molar-refractivity contribution >= 4 is 0 Å². The summed E-state index contributed by atoms with van der Waals surface area (Å²) in [7, 11) is 0. The molecule has 8 nitrogen and oxygen atoms in total. The van der Waals surface area contributed by atoms with Crippen LogP contribution in [0.25, 0.3) is 0 Å². The molecule has 1 heterocycles. The number of aliphatic hydroxyl groups is 4. The van der Waals surface area contributed by atoms with Gasteiger partial charge in [0.15, 0.2) is 6.29 Å². The molecule has 1 rings (SSSR count). The Morgan fingerprint density at radius 2 is 0.977 bits per heavy atom. The van der Waals surface area contributed by atoms with Crippen molar-refractivity contribution in [2.75, 3.05) is 33.0 Å². The number of hydrogen-bond donors (Lipinski definition) is 4. The summed E-state index contributed by atoms with van der Waals surface area (Å²) in [6.45, 7) is 5.83. The Morgan fingerprint density at radius 1 is 0.535 bits per heavy atom. The van der Waals surface area contributed by atoms with Crippen molar-refractivity contribution in [1.29, 1.82) is 0 Å². The summed E-state index contributed by atoms with van der Waals surface area (Å²) in [6, 6.07) is 0. The van der Waals surface area contributed by atoms with Gasteiger partial charge in [-0.3, -0.25) is 0 Å². The number of aliphatic hydroxyl groups excluding tert-OH is 4. The minimum absolute atomic E-state index is 0.124. The van der Waals surface area contributed by atoms with Gasteiger partial charge in [0.2, 0.25) is 0 Å². The first kappa shape index (κ1) is 40.7. The van der Waals surface area contributed by atoms with Crippen LogP contribution in [0.4, 0.5) is 0 Å². The molecule has 0 spiro atoms. The van der Waals surface area contributed by atoms with Gasteiger partial charge >= 0.3 is 0 Å². The van der Waals surface area contributed by atoms with Crippen LogP contribution in [0.15, 0.2) is 0 Å². The molecule has 1 aliphatic rings. The molecule has 43 heavy (non-hydrogen) atoms. The molecule has 0 aromatic rings. The van der Waals surface area contributed by atoms with Gasteiger partial charge < -0.3 is 39.4 Å². The number of hydrogen-bond acceptors (Lipinski definition) is 8. The van der Waals surface area contributed by atoms with E-state index < -0.39 is 37.3 Å². The predicted octanol–water partition coefficient (Wildman–Crippen LogP) is 6.83. The van der Waals surface area contributed by atoms with Crippen molar-refractivity contribution < 1.29 is 39.4 Å². The first-order valence-electron chi connectivity index (χ1n) is 18.2. The Hall–Kier alpha value is -0.320. The SMILES string of the molecule is CCCCCCCCCCCCCCOCC(COC1OC(CO)C(O)C(O)C1O)OCCCCCCCCCCCC. The molecule has 1 aliphatic heterocycles. The van der Waals surface area contributed by atoms with Gasteiger partial charge in [0.1, 0.15) is 30.5 Å². The van der Waals surface area contributed by atoms with E-state index >= 15 is 0 Å². The van der Waals surface area contributed by atoms with Crippen LogP contribution in [-0.2, 0) is 18.9 Å². The molecule has 0 radical (unpaired) electrons. The zero-order valence-corrected chi connectivity index (χ0v) is 28.0. The van der Waals surface area contributed by atoms with Crippen molar-refractivity contribution in [3.05, 3.63) is 0 Å². The van der Waals surface area contributed by atoms with Crippen molar-refractivity contribution in [2.24, 2.45) is 0 Å². The number of ether oxygens (including phenoxy) is 4. The molecule has 4 N–H and O–H groups in total. The van der Waals surface area contributed by atoms with Gasteiger partial charge in [-0.25, -0.2) is 0 Å². The molecule has 8 heteroatoms. The number of rotatable bonds is 31. The van der Waals surface area contributed by atoms with Gasteiger partial charge in [-0.05, 0) is 12.8 Å². The summed E-state index contributed by atoms with van der Waals surface area (Å²) in [5, 5.41) is 39.8. The first-order valence-corrected chi connectivity index (χ1v) is 18.2. The highest BCUT2D eigenvalue weighted by Gasteiger charge is 2.44. The van der Waals surface area contributed by atoms with Crippen molar-refractivity contribution in [3.8, 4) is 0 Å². The van der Waals surface area contributed by atoms with E-state index in [9.17, 15) is 20.4 Å². The third-order valence-corrected chi connectivity index (χ3v) is 8.59. The average molecular weight is 619 g/mol. The molecular formula is C35H70O8. The fourth-order valence-corrected chi connectivity index (χ4v) is 5.65. The Labute approximate surface area is 264 Å². The highest BCUT2D eigenvalue weighted by molar-refractivity contribution is 4.89. The fraction of sp³-hybridized carbons (Fsp3) is 1.00. The van der Waals surface area contributed by atoms with Gasteiger partial charge in [-0.1, -0.05) is 142 Å². The highest BCUT2D eigenvalue weighted by Crippen LogP contribution is 2.22. The van der Waals surface area contributed by atoms with Crippen LogP contribution < -0.4 is 0 Å². The van der Waals surface area contributed by atoms with Crippen LogP contribution >= 0.6 is 0 Å². The van der Waals surface area contributed by atoms with Crippen LogP contribution in [0.3, 0.4) is 0 Å². The molecule has 6 atom stereocenters. The van der Waals surface area contributed by atoms with E-state index in [-0.39, 0.29) is 12.7 Å². The molecule has 258 valence electrons. The molecule has 0 aliphatic carbocycles. The van der Waals surface area contributed by atoms with Gasteiger partial charge in [0.05, 0.1) is 19.8 Å². The minimum atomic E-state index is -1.45. The molecule has 0 bridgehead atoms. The highest BCUT2D eigenvalue weighted by atomic mass is 16.7. The van der Waals surface area contributed by atoms with Crippen LogP contribution in [-0.4, -0.2) is 90.3 Å². The Bertz CT molecular complexity index is 578. The van der Waals surface area contributed by atoms with Gasteiger partial charge in [-0.15, -0.1) is 0 Å². The topological polar surface area (TPSA) is 118 Å². The Balaban J connectivity index is 2.26. The van der Waals surface area contributed by atoms with Crippen LogP contribution in [0.1, 0.15) is 155 Å². The Morgan fingerprint density at radius 3 is 1.44 bits per heavy atom. The third kappa shape index (κ3) is 21.2. The lowest BCUT2D eigenvalue weighted by Gasteiger charge is -2.39. The van der Waals surface area contributed by atoms with Crippen LogP contribution in [0.5, 0.6) is 0 Å². The van der Waals surface area contributed by atoms with Crippen LogP contribution in [0, 0.1) is 0 Å². The zero-order valence-electron chi connectivity index (χ0n) is 28.0. The van der Waals surface area contributed by atoms with E-state index in [2.05, 4.69) is 13.8 Å². The molecule has 0 aromatic carbocycles. The second-order valence-corrected chi connectivity index (χ2v) is 12.7. The van der Waals surface area contributed by atoms with Gasteiger partial charge in [0, 0.05) is 13.2 Å². The maximum atomic E-state index is 10.3. The van der Waals surface area contributed by atoms with Gasteiger partial charge in [-0.2, -0.15) is 0 Å². The van der Waals surface area contributed by atoms with E-state index in [4.69, 9.17) is 18.9 Å². The Kier molecular flexibility index (Phi) is 27.6. The van der Waals surface area contributed by atoms with E-state index in [1.807, 2.05) is 0 Å². The summed E-state index contributed by atoms with van der Waals surface area (Å²) in [6.07, 6.45) is 21.5. The van der Waals surface area contributed by atoms with Crippen molar-refractivity contribution in [3.63, 3.8) is 0 Å². The largest absolute Gasteiger partial charge is 0.394 e. The third-order valence-electron chi connectivity index (χ3n) is 8.59. The van der Waals surface area contributed by atoms with E-state index in [1.54, 1.807) is 0 Å². The normalized spacial score (nSPS) is 23.2. The lowest BCUT2D eigenvalue weighted by atomic mass is 9.99. The standard InChI is InChI=1S/C35H70O8/c1-3-5-7-9-11-13-15-16-17-19-21-23-25-40-28-30(41-26-24-22-20-18-14-12-10-8-6-4-2)29-42-35-34(39)33(38)32(37)31(27-36)43-35/h30-39H,3-29H2,1-2H3. The molecule has 0 amide bonds. The number of unbranched alkanes of at least 4 members (excludes halogenated alkanes) is 20. The average Bonchev–Trinajstić information content (AvgIpc) is 3.01. The summed E-state index contributed by atoms with van der Waals surface area (Å²) >= 11 is 0. The van der Waals surface area contributed by atoms with Crippen molar-refractivity contribution in [1.82, 2.24) is 0 Å². The maximum Gasteiger partial charge on any atom is 0.186 e. The quantitative estimate of drug-likeness (QED) is 0.0625. The maximum absolute atomic E-state index is 10.3. The van der Waals surface area contributed by atoms with E-state index in [0.29, 0.717) is 19.8 Å². The predicted molar refractivity (Wildman–Crippen MR) is 173 cm³/mol. The van der Waals surface area contributed by atoms with Crippen LogP contribution in [0.2, 0.25) is 0 Å². The summed E-state index contributed by atoms with van der Waals surface area (Å²) in [4.78, 5) is 0. The monoisotopic (exact) mass is 619 g/mol. The summed E-state index contributed by atoms with van der Waals surface area (Å²) in [5.74, 6) is 0. The summed E-state index contributed by atoms with van der Waals surface area (Å²) in [5.41, 5.74) is 0. The van der Waals surface area contributed by atoms with Gasteiger partial charge in [0.25, 0.3) is 0 Å². The molecule has 6 unspecified atom stereocenters. The zero-order chi connectivity index (χ0) is 31.4. The second-order valence-electron chi connectivity index (χ2n) is 12.7. The molecule has 1 saturated heterocycles. The summed E-state index contributed by atoms with van der Waals surface area (Å²) < 4.78 is 23.3. The molecular weight excluding hydrogens is 548 g/mol.